The third-order valence-corrected chi connectivity index (χ3v) is 6.56. The molecule has 0 bridgehead atoms. The van der Waals surface area contributed by atoms with Gasteiger partial charge in [-0.2, -0.15) is 0 Å². The number of hydrogen-bond acceptors (Lipinski definition) is 4. The summed E-state index contributed by atoms with van der Waals surface area (Å²) < 4.78 is 26.2. The summed E-state index contributed by atoms with van der Waals surface area (Å²) in [5.41, 5.74) is 2.46. The highest BCUT2D eigenvalue weighted by atomic mass is 35.5. The van der Waals surface area contributed by atoms with Crippen LogP contribution in [0.1, 0.15) is 12.5 Å². The van der Waals surface area contributed by atoms with Gasteiger partial charge < -0.3 is 9.80 Å². The van der Waals surface area contributed by atoms with Gasteiger partial charge in [0.1, 0.15) is 6.04 Å². The molecule has 0 N–H and O–H groups in total. The molecule has 2 aromatic rings. The van der Waals surface area contributed by atoms with Gasteiger partial charge in [0.05, 0.1) is 11.9 Å². The van der Waals surface area contributed by atoms with Gasteiger partial charge in [-0.15, -0.1) is 0 Å². The second kappa shape index (κ2) is 8.63. The number of rotatable bonds is 5. The predicted octanol–water partition coefficient (Wildman–Crippen LogP) is 3.15. The number of amides is 1. The van der Waals surface area contributed by atoms with E-state index in [9.17, 15) is 13.2 Å². The van der Waals surface area contributed by atoms with E-state index in [-0.39, 0.29) is 5.91 Å². The topological polar surface area (TPSA) is 60.9 Å². The highest BCUT2D eigenvalue weighted by Crippen LogP contribution is 2.24. The van der Waals surface area contributed by atoms with Crippen molar-refractivity contribution in [2.24, 2.45) is 0 Å². The van der Waals surface area contributed by atoms with Gasteiger partial charge in [-0.1, -0.05) is 29.8 Å². The maximum Gasteiger partial charge on any atom is 0.246 e. The number of halogens is 1. The first kappa shape index (κ1) is 21.5. The van der Waals surface area contributed by atoms with E-state index in [0.29, 0.717) is 36.9 Å². The van der Waals surface area contributed by atoms with Crippen molar-refractivity contribution in [1.29, 1.82) is 0 Å². The van der Waals surface area contributed by atoms with Crippen molar-refractivity contribution >= 4 is 38.9 Å². The number of sulfonamides is 1. The fourth-order valence-corrected chi connectivity index (χ4v) is 5.04. The molecule has 1 aliphatic heterocycles. The molecule has 2 aromatic carbocycles. The molecular formula is C21H26ClN3O3S. The number of hydrogen-bond donors (Lipinski definition) is 0. The van der Waals surface area contributed by atoms with Gasteiger partial charge in [0.25, 0.3) is 0 Å². The van der Waals surface area contributed by atoms with Crippen LogP contribution >= 0.6 is 11.6 Å². The van der Waals surface area contributed by atoms with Crippen LogP contribution in [0.4, 0.5) is 11.4 Å². The molecule has 1 atom stereocenters. The minimum Gasteiger partial charge on any atom is -0.368 e. The van der Waals surface area contributed by atoms with Crippen molar-refractivity contribution in [1.82, 2.24) is 4.90 Å². The maximum atomic E-state index is 13.1. The fraction of sp³-hybridized carbons (Fsp3) is 0.381. The van der Waals surface area contributed by atoms with E-state index in [0.717, 1.165) is 17.5 Å². The summed E-state index contributed by atoms with van der Waals surface area (Å²) >= 11 is 6.08. The normalized spacial score (nSPS) is 15.9. The fourth-order valence-electron chi connectivity index (χ4n) is 3.69. The molecule has 0 aliphatic carbocycles. The smallest absolute Gasteiger partial charge is 0.246 e. The van der Waals surface area contributed by atoms with Crippen LogP contribution in [0, 0.1) is 6.92 Å². The molecule has 1 amide bonds. The van der Waals surface area contributed by atoms with Gasteiger partial charge in [0, 0.05) is 36.9 Å². The van der Waals surface area contributed by atoms with Crippen LogP contribution in [0.5, 0.6) is 0 Å². The largest absolute Gasteiger partial charge is 0.368 e. The summed E-state index contributed by atoms with van der Waals surface area (Å²) in [6, 6.07) is 14.0. The summed E-state index contributed by atoms with van der Waals surface area (Å²) in [6.07, 6.45) is 1.14. The molecule has 0 radical (unpaired) electrons. The molecule has 0 aromatic heterocycles. The molecule has 8 heteroatoms. The maximum absolute atomic E-state index is 13.1. The first-order valence-corrected chi connectivity index (χ1v) is 11.7. The first-order valence-electron chi connectivity index (χ1n) is 9.52. The van der Waals surface area contributed by atoms with Crippen molar-refractivity contribution < 1.29 is 13.2 Å². The van der Waals surface area contributed by atoms with E-state index in [1.165, 1.54) is 4.31 Å². The van der Waals surface area contributed by atoms with Gasteiger partial charge >= 0.3 is 0 Å². The molecule has 0 unspecified atom stereocenters. The molecule has 1 fully saturated rings. The Morgan fingerprint density at radius 1 is 1.07 bits per heavy atom. The van der Waals surface area contributed by atoms with Gasteiger partial charge in [0.15, 0.2) is 0 Å². The van der Waals surface area contributed by atoms with Gasteiger partial charge in [-0.25, -0.2) is 8.42 Å². The summed E-state index contributed by atoms with van der Waals surface area (Å²) in [5, 5.41) is 0.677. The quantitative estimate of drug-likeness (QED) is 0.723. The number of anilines is 2. The van der Waals surface area contributed by atoms with Crippen molar-refractivity contribution in [2.75, 3.05) is 41.6 Å². The van der Waals surface area contributed by atoms with E-state index in [1.54, 1.807) is 30.0 Å². The average Bonchev–Trinajstić information content (AvgIpc) is 2.66. The molecular weight excluding hydrogens is 410 g/mol. The molecule has 0 saturated carbocycles. The Labute approximate surface area is 177 Å². The minimum atomic E-state index is -3.62. The molecule has 1 heterocycles. The predicted molar refractivity (Wildman–Crippen MR) is 118 cm³/mol. The number of carbonyl (C=O) groups is 1. The molecule has 1 aliphatic rings. The van der Waals surface area contributed by atoms with Crippen LogP contribution in [-0.4, -0.2) is 57.7 Å². The Kier molecular flexibility index (Phi) is 6.39. The van der Waals surface area contributed by atoms with Crippen molar-refractivity contribution in [3.8, 4) is 0 Å². The lowest BCUT2D eigenvalue weighted by Gasteiger charge is -2.39. The zero-order valence-electron chi connectivity index (χ0n) is 16.9. The third kappa shape index (κ3) is 5.03. The second-order valence-electron chi connectivity index (χ2n) is 7.37. The van der Waals surface area contributed by atoms with Crippen LogP contribution in [0.25, 0.3) is 0 Å². The van der Waals surface area contributed by atoms with E-state index in [1.807, 2.05) is 37.3 Å². The lowest BCUT2D eigenvalue weighted by molar-refractivity contribution is -0.132. The Hall–Kier alpha value is -2.25. The SMILES string of the molecule is Cc1cccc(N([C@@H](C)C(=O)N2CCN(c3cccc(Cl)c3)CC2)S(C)(=O)=O)c1. The van der Waals surface area contributed by atoms with Crippen LogP contribution < -0.4 is 9.21 Å². The highest BCUT2D eigenvalue weighted by molar-refractivity contribution is 7.92. The third-order valence-electron chi connectivity index (χ3n) is 5.09. The van der Waals surface area contributed by atoms with Crippen molar-refractivity contribution in [2.45, 2.75) is 19.9 Å². The van der Waals surface area contributed by atoms with Crippen molar-refractivity contribution in [3.05, 3.63) is 59.1 Å². The molecule has 0 spiro atoms. The average molecular weight is 436 g/mol. The zero-order valence-corrected chi connectivity index (χ0v) is 18.4. The zero-order chi connectivity index (χ0) is 21.2. The number of piperazine rings is 1. The number of carbonyl (C=O) groups excluding carboxylic acids is 1. The number of aryl methyl sites for hydroxylation is 1. The Morgan fingerprint density at radius 2 is 1.72 bits per heavy atom. The van der Waals surface area contributed by atoms with Crippen LogP contribution in [0.15, 0.2) is 48.5 Å². The standard InChI is InChI=1S/C21H26ClN3O3S/c1-16-6-4-9-20(14-16)25(29(3,27)28)17(2)21(26)24-12-10-23(11-13-24)19-8-5-7-18(22)15-19/h4-9,14-15,17H,10-13H2,1-3H3/t17-/m0/s1. The Morgan fingerprint density at radius 3 is 2.31 bits per heavy atom. The first-order chi connectivity index (χ1) is 13.7. The summed E-state index contributed by atoms with van der Waals surface area (Å²) in [7, 11) is -3.62. The molecule has 156 valence electrons. The van der Waals surface area contributed by atoms with Crippen molar-refractivity contribution in [3.63, 3.8) is 0 Å². The second-order valence-corrected chi connectivity index (χ2v) is 9.66. The van der Waals surface area contributed by atoms with Crippen LogP contribution in [-0.2, 0) is 14.8 Å². The summed E-state index contributed by atoms with van der Waals surface area (Å²) in [6.45, 7) is 5.94. The highest BCUT2D eigenvalue weighted by Gasteiger charge is 2.33. The molecule has 3 rings (SSSR count). The minimum absolute atomic E-state index is 0.192. The lowest BCUT2D eigenvalue weighted by Crippen LogP contribution is -2.55. The Balaban J connectivity index is 1.73. The number of benzene rings is 2. The van der Waals surface area contributed by atoms with Crippen LogP contribution in [0.2, 0.25) is 5.02 Å². The van der Waals surface area contributed by atoms with E-state index >= 15 is 0 Å². The van der Waals surface area contributed by atoms with E-state index in [2.05, 4.69) is 4.90 Å². The summed E-state index contributed by atoms with van der Waals surface area (Å²) in [4.78, 5) is 17.0. The van der Waals surface area contributed by atoms with Gasteiger partial charge in [-0.3, -0.25) is 9.10 Å². The van der Waals surface area contributed by atoms with E-state index in [4.69, 9.17) is 11.6 Å². The number of nitrogens with zero attached hydrogens (tertiary/aromatic N) is 3. The molecule has 6 nitrogen and oxygen atoms in total. The van der Waals surface area contributed by atoms with Gasteiger partial charge in [0.2, 0.25) is 15.9 Å². The summed E-state index contributed by atoms with van der Waals surface area (Å²) in [5.74, 6) is -0.192. The molecule has 29 heavy (non-hydrogen) atoms. The monoisotopic (exact) mass is 435 g/mol. The lowest BCUT2D eigenvalue weighted by atomic mass is 10.2. The molecule has 1 saturated heterocycles. The van der Waals surface area contributed by atoms with Crippen LogP contribution in [0.3, 0.4) is 0 Å². The van der Waals surface area contributed by atoms with E-state index < -0.39 is 16.1 Å². The Bertz CT molecular complexity index is 988. The van der Waals surface area contributed by atoms with Gasteiger partial charge in [-0.05, 0) is 49.7 Å².